The highest BCUT2D eigenvalue weighted by molar-refractivity contribution is 6.30. The zero-order chi connectivity index (χ0) is 15.2. The number of benzene rings is 1. The second-order valence-electron chi connectivity index (χ2n) is 4.00. The van der Waals surface area contributed by atoms with Crippen LogP contribution in [0.2, 0.25) is 5.02 Å². The van der Waals surface area contributed by atoms with Gasteiger partial charge in [0.15, 0.2) is 6.61 Å². The third kappa shape index (κ3) is 4.19. The van der Waals surface area contributed by atoms with Gasteiger partial charge in [-0.15, -0.1) is 0 Å². The second-order valence-corrected chi connectivity index (χ2v) is 4.43. The van der Waals surface area contributed by atoms with Crippen LogP contribution in [-0.4, -0.2) is 28.6 Å². The number of anilines is 1. The molecule has 0 spiro atoms. The number of ether oxygens (including phenoxy) is 1. The summed E-state index contributed by atoms with van der Waals surface area (Å²) in [6.07, 6.45) is 1.39. The fraction of sp³-hybridized carbons (Fsp3) is 0.0714. The van der Waals surface area contributed by atoms with Crippen LogP contribution in [0.5, 0.6) is 5.75 Å². The van der Waals surface area contributed by atoms with Gasteiger partial charge in [0.2, 0.25) is 0 Å². The van der Waals surface area contributed by atoms with Gasteiger partial charge in [0.1, 0.15) is 17.1 Å². The fourth-order valence-electron chi connectivity index (χ4n) is 1.53. The number of aromatic carboxylic acids is 1. The van der Waals surface area contributed by atoms with E-state index in [4.69, 9.17) is 21.4 Å². The molecule has 0 aliphatic carbocycles. The molecule has 1 aromatic carbocycles. The summed E-state index contributed by atoms with van der Waals surface area (Å²) in [5.74, 6) is -1.22. The molecular weight excluding hydrogens is 296 g/mol. The van der Waals surface area contributed by atoms with Crippen LogP contribution in [0.3, 0.4) is 0 Å². The van der Waals surface area contributed by atoms with E-state index >= 15 is 0 Å². The molecule has 0 saturated heterocycles. The summed E-state index contributed by atoms with van der Waals surface area (Å²) >= 11 is 5.73. The standard InChI is InChI=1S/C14H11ClN2O4/c15-9-3-5-10(6-4-9)21-8-12(18)17-13-11(14(19)20)2-1-7-16-13/h1-7H,8H2,(H,19,20)(H,16,17,18). The first-order valence-corrected chi connectivity index (χ1v) is 6.30. The lowest BCUT2D eigenvalue weighted by molar-refractivity contribution is -0.118. The molecule has 0 aliphatic rings. The normalized spacial score (nSPS) is 9.95. The molecule has 0 atom stereocenters. The van der Waals surface area contributed by atoms with Crippen LogP contribution in [-0.2, 0) is 4.79 Å². The Bertz CT molecular complexity index is 658. The Morgan fingerprint density at radius 2 is 1.95 bits per heavy atom. The predicted molar refractivity (Wildman–Crippen MR) is 76.8 cm³/mol. The molecule has 0 aliphatic heterocycles. The van der Waals surface area contributed by atoms with Gasteiger partial charge in [0.25, 0.3) is 5.91 Å². The van der Waals surface area contributed by atoms with Gasteiger partial charge in [0, 0.05) is 11.2 Å². The number of aromatic nitrogens is 1. The van der Waals surface area contributed by atoms with Crippen molar-refractivity contribution < 1.29 is 19.4 Å². The van der Waals surface area contributed by atoms with Crippen LogP contribution in [0.25, 0.3) is 0 Å². The SMILES string of the molecule is O=C(COc1ccc(Cl)cc1)Nc1ncccc1C(=O)O. The van der Waals surface area contributed by atoms with Gasteiger partial charge >= 0.3 is 5.97 Å². The molecule has 1 aromatic heterocycles. The van der Waals surface area contributed by atoms with Crippen molar-refractivity contribution in [2.75, 3.05) is 11.9 Å². The van der Waals surface area contributed by atoms with Crippen molar-refractivity contribution in [1.29, 1.82) is 0 Å². The molecule has 21 heavy (non-hydrogen) atoms. The van der Waals surface area contributed by atoms with E-state index < -0.39 is 11.9 Å². The van der Waals surface area contributed by atoms with Crippen molar-refractivity contribution in [3.63, 3.8) is 0 Å². The van der Waals surface area contributed by atoms with Crippen molar-refractivity contribution in [2.45, 2.75) is 0 Å². The van der Waals surface area contributed by atoms with Crippen molar-refractivity contribution in [2.24, 2.45) is 0 Å². The summed E-state index contributed by atoms with van der Waals surface area (Å²) < 4.78 is 5.25. The highest BCUT2D eigenvalue weighted by Crippen LogP contribution is 2.16. The maximum Gasteiger partial charge on any atom is 0.339 e. The maximum absolute atomic E-state index is 11.7. The first kappa shape index (κ1) is 14.8. The fourth-order valence-corrected chi connectivity index (χ4v) is 1.65. The molecule has 2 N–H and O–H groups in total. The Kier molecular flexibility index (Phi) is 4.73. The summed E-state index contributed by atoms with van der Waals surface area (Å²) in [4.78, 5) is 26.5. The van der Waals surface area contributed by atoms with Crippen LogP contribution in [0.15, 0.2) is 42.6 Å². The van der Waals surface area contributed by atoms with E-state index in [2.05, 4.69) is 10.3 Å². The van der Waals surface area contributed by atoms with Crippen molar-refractivity contribution >= 4 is 29.3 Å². The third-order valence-electron chi connectivity index (χ3n) is 2.48. The van der Waals surface area contributed by atoms with Gasteiger partial charge in [-0.25, -0.2) is 9.78 Å². The third-order valence-corrected chi connectivity index (χ3v) is 2.73. The number of halogens is 1. The molecule has 2 rings (SSSR count). The van der Waals surface area contributed by atoms with E-state index in [0.29, 0.717) is 10.8 Å². The molecule has 2 aromatic rings. The van der Waals surface area contributed by atoms with Gasteiger partial charge in [-0.1, -0.05) is 11.6 Å². The summed E-state index contributed by atoms with van der Waals surface area (Å²) in [7, 11) is 0. The topological polar surface area (TPSA) is 88.5 Å². The molecule has 0 bridgehead atoms. The van der Waals surface area contributed by atoms with Crippen molar-refractivity contribution in [1.82, 2.24) is 4.98 Å². The highest BCUT2D eigenvalue weighted by atomic mass is 35.5. The zero-order valence-corrected chi connectivity index (χ0v) is 11.5. The Morgan fingerprint density at radius 3 is 2.62 bits per heavy atom. The second kappa shape index (κ2) is 6.71. The van der Waals surface area contributed by atoms with Crippen molar-refractivity contribution in [3.8, 4) is 5.75 Å². The van der Waals surface area contributed by atoms with Crippen LogP contribution in [0.1, 0.15) is 10.4 Å². The summed E-state index contributed by atoms with van der Waals surface area (Å²) in [5.41, 5.74) is -0.0858. The minimum atomic E-state index is -1.17. The van der Waals surface area contributed by atoms with Crippen LogP contribution in [0, 0.1) is 0 Å². The average Bonchev–Trinajstić information content (AvgIpc) is 2.47. The average molecular weight is 307 g/mol. The van der Waals surface area contributed by atoms with E-state index in [1.165, 1.54) is 18.3 Å². The largest absolute Gasteiger partial charge is 0.484 e. The lowest BCUT2D eigenvalue weighted by atomic mass is 10.2. The first-order valence-electron chi connectivity index (χ1n) is 5.93. The number of amides is 1. The predicted octanol–water partition coefficient (Wildman–Crippen LogP) is 2.45. The van der Waals surface area contributed by atoms with Crippen LogP contribution in [0.4, 0.5) is 5.82 Å². The van der Waals surface area contributed by atoms with E-state index in [-0.39, 0.29) is 18.0 Å². The molecule has 0 saturated carbocycles. The molecular formula is C14H11ClN2O4. The minimum absolute atomic E-state index is 0.0188. The van der Waals surface area contributed by atoms with Crippen molar-refractivity contribution in [3.05, 3.63) is 53.2 Å². The highest BCUT2D eigenvalue weighted by Gasteiger charge is 2.13. The summed E-state index contributed by atoms with van der Waals surface area (Å²) in [6, 6.07) is 9.35. The molecule has 0 unspecified atom stereocenters. The van der Waals surface area contributed by atoms with Gasteiger partial charge < -0.3 is 15.2 Å². The maximum atomic E-state index is 11.7. The number of carbonyl (C=O) groups excluding carboxylic acids is 1. The number of rotatable bonds is 5. The monoisotopic (exact) mass is 306 g/mol. The smallest absolute Gasteiger partial charge is 0.339 e. The molecule has 0 radical (unpaired) electrons. The quantitative estimate of drug-likeness (QED) is 0.885. The Labute approximate surface area is 125 Å². The molecule has 1 heterocycles. The minimum Gasteiger partial charge on any atom is -0.484 e. The molecule has 108 valence electrons. The number of pyridine rings is 1. The Balaban J connectivity index is 1.96. The number of carboxylic acids is 1. The van der Waals surface area contributed by atoms with E-state index in [9.17, 15) is 9.59 Å². The Hall–Kier alpha value is -2.60. The number of nitrogens with zero attached hydrogens (tertiary/aromatic N) is 1. The molecule has 1 amide bonds. The Morgan fingerprint density at radius 1 is 1.24 bits per heavy atom. The molecule has 7 heteroatoms. The van der Waals surface area contributed by atoms with Gasteiger partial charge in [0.05, 0.1) is 0 Å². The van der Waals surface area contributed by atoms with Crippen LogP contribution < -0.4 is 10.1 Å². The zero-order valence-electron chi connectivity index (χ0n) is 10.7. The molecule has 0 fully saturated rings. The first-order chi connectivity index (χ1) is 10.1. The van der Waals surface area contributed by atoms with Gasteiger partial charge in [-0.05, 0) is 36.4 Å². The number of nitrogens with one attached hydrogen (secondary N) is 1. The number of carbonyl (C=O) groups is 2. The van der Waals surface area contributed by atoms with Gasteiger partial charge in [-0.3, -0.25) is 4.79 Å². The summed E-state index contributed by atoms with van der Waals surface area (Å²) in [6.45, 7) is -0.267. The number of hydrogen-bond donors (Lipinski definition) is 2. The number of carboxylic acid groups (broad SMARTS) is 1. The lowest BCUT2D eigenvalue weighted by Gasteiger charge is -2.08. The number of hydrogen-bond acceptors (Lipinski definition) is 4. The van der Waals surface area contributed by atoms with E-state index in [1.807, 2.05) is 0 Å². The van der Waals surface area contributed by atoms with E-state index in [0.717, 1.165) is 0 Å². The summed E-state index contributed by atoms with van der Waals surface area (Å²) in [5, 5.41) is 11.9. The van der Waals surface area contributed by atoms with Gasteiger partial charge in [-0.2, -0.15) is 0 Å². The van der Waals surface area contributed by atoms with E-state index in [1.54, 1.807) is 24.3 Å². The van der Waals surface area contributed by atoms with Crippen LogP contribution >= 0.6 is 11.6 Å². The lowest BCUT2D eigenvalue weighted by Crippen LogP contribution is -2.22. The molecule has 6 nitrogen and oxygen atoms in total.